The minimum Gasteiger partial charge on any atom is -0.459 e. The van der Waals surface area contributed by atoms with Crippen LogP contribution in [0.1, 0.15) is 26.5 Å². The first kappa shape index (κ1) is 22.0. The number of hydrogen-bond donors (Lipinski definition) is 3. The van der Waals surface area contributed by atoms with Crippen LogP contribution >= 0.6 is 0 Å². The standard InChI is InChI=1S/C22H21N3O5S/c1-2-13-23-31(28,29)15-16-5-9-18(10-6-16)24-21(26)17-7-11-19(12-8-17)25-22(27)20-4-3-14-30-20/h2-12,14,23H,1,13,15H2,(H,24,26)(H,25,27). The molecule has 0 saturated heterocycles. The summed E-state index contributed by atoms with van der Waals surface area (Å²) in [6.07, 6.45) is 2.88. The van der Waals surface area contributed by atoms with Crippen LogP contribution in [0.3, 0.4) is 0 Å². The van der Waals surface area contributed by atoms with Gasteiger partial charge in [-0.25, -0.2) is 13.1 Å². The maximum absolute atomic E-state index is 12.4. The molecular weight excluding hydrogens is 418 g/mol. The van der Waals surface area contributed by atoms with Crippen LogP contribution in [-0.4, -0.2) is 26.8 Å². The summed E-state index contributed by atoms with van der Waals surface area (Å²) in [7, 11) is -3.45. The van der Waals surface area contributed by atoms with Gasteiger partial charge in [-0.15, -0.1) is 6.58 Å². The molecule has 2 amide bonds. The van der Waals surface area contributed by atoms with Gasteiger partial charge < -0.3 is 15.1 Å². The van der Waals surface area contributed by atoms with E-state index in [0.717, 1.165) is 0 Å². The Bertz CT molecular complexity index is 1150. The highest BCUT2D eigenvalue weighted by atomic mass is 32.2. The van der Waals surface area contributed by atoms with Gasteiger partial charge in [0.2, 0.25) is 10.0 Å². The Morgan fingerprint density at radius 3 is 2.10 bits per heavy atom. The van der Waals surface area contributed by atoms with Crippen LogP contribution in [0.4, 0.5) is 11.4 Å². The van der Waals surface area contributed by atoms with Crippen LogP contribution in [0, 0.1) is 0 Å². The summed E-state index contributed by atoms with van der Waals surface area (Å²) in [4.78, 5) is 24.4. The zero-order chi connectivity index (χ0) is 22.3. The number of anilines is 2. The van der Waals surface area contributed by atoms with E-state index in [1.54, 1.807) is 60.7 Å². The van der Waals surface area contributed by atoms with Gasteiger partial charge in [-0.05, 0) is 54.1 Å². The third-order valence-electron chi connectivity index (χ3n) is 4.17. The van der Waals surface area contributed by atoms with Crippen molar-refractivity contribution in [1.82, 2.24) is 4.72 Å². The second kappa shape index (κ2) is 9.88. The molecule has 0 fully saturated rings. The van der Waals surface area contributed by atoms with Crippen LogP contribution in [0.2, 0.25) is 0 Å². The Hall–Kier alpha value is -3.69. The van der Waals surface area contributed by atoms with Crippen molar-refractivity contribution in [3.8, 4) is 0 Å². The van der Waals surface area contributed by atoms with Gasteiger partial charge in [0.15, 0.2) is 5.76 Å². The van der Waals surface area contributed by atoms with Crippen LogP contribution < -0.4 is 15.4 Å². The van der Waals surface area contributed by atoms with Gasteiger partial charge in [0, 0.05) is 23.5 Å². The van der Waals surface area contributed by atoms with E-state index in [1.807, 2.05) is 0 Å². The topological polar surface area (TPSA) is 118 Å². The van der Waals surface area contributed by atoms with E-state index in [2.05, 4.69) is 21.9 Å². The van der Waals surface area contributed by atoms with Crippen molar-refractivity contribution >= 4 is 33.2 Å². The smallest absolute Gasteiger partial charge is 0.291 e. The largest absolute Gasteiger partial charge is 0.459 e. The lowest BCUT2D eigenvalue weighted by molar-refractivity contribution is 0.0995. The molecule has 0 saturated carbocycles. The fourth-order valence-corrected chi connectivity index (χ4v) is 3.75. The van der Waals surface area contributed by atoms with Crippen molar-refractivity contribution < 1.29 is 22.4 Å². The van der Waals surface area contributed by atoms with Crippen LogP contribution in [0.5, 0.6) is 0 Å². The van der Waals surface area contributed by atoms with Crippen molar-refractivity contribution in [2.24, 2.45) is 0 Å². The molecule has 3 rings (SSSR count). The molecule has 0 spiro atoms. The predicted molar refractivity (Wildman–Crippen MR) is 118 cm³/mol. The monoisotopic (exact) mass is 439 g/mol. The first-order valence-electron chi connectivity index (χ1n) is 9.30. The molecule has 0 unspecified atom stereocenters. The molecule has 160 valence electrons. The second-order valence-electron chi connectivity index (χ2n) is 6.56. The third kappa shape index (κ3) is 6.39. The Morgan fingerprint density at radius 2 is 1.52 bits per heavy atom. The quantitative estimate of drug-likeness (QED) is 0.442. The predicted octanol–water partition coefficient (Wildman–Crippen LogP) is 3.39. The number of carbonyl (C=O) groups is 2. The Labute approximate surface area is 180 Å². The van der Waals surface area contributed by atoms with E-state index in [1.165, 1.54) is 12.3 Å². The zero-order valence-electron chi connectivity index (χ0n) is 16.5. The minimum absolute atomic E-state index is 0.166. The lowest BCUT2D eigenvalue weighted by Crippen LogP contribution is -2.25. The molecule has 3 N–H and O–H groups in total. The molecule has 3 aromatic rings. The number of carbonyl (C=O) groups excluding carboxylic acids is 2. The third-order valence-corrected chi connectivity index (χ3v) is 5.49. The minimum atomic E-state index is -3.45. The molecular formula is C22H21N3O5S. The SMILES string of the molecule is C=CCNS(=O)(=O)Cc1ccc(NC(=O)c2ccc(NC(=O)c3ccco3)cc2)cc1. The van der Waals surface area contributed by atoms with E-state index >= 15 is 0 Å². The molecule has 8 nitrogen and oxygen atoms in total. The molecule has 2 aromatic carbocycles. The van der Waals surface area contributed by atoms with Crippen molar-refractivity contribution in [2.75, 3.05) is 17.2 Å². The maximum Gasteiger partial charge on any atom is 0.291 e. The highest BCUT2D eigenvalue weighted by Gasteiger charge is 2.12. The second-order valence-corrected chi connectivity index (χ2v) is 8.36. The summed E-state index contributed by atoms with van der Waals surface area (Å²) in [6, 6.07) is 16.1. The van der Waals surface area contributed by atoms with Crippen molar-refractivity contribution in [2.45, 2.75) is 5.75 Å². The summed E-state index contributed by atoms with van der Waals surface area (Å²) in [5.41, 5.74) is 2.04. The van der Waals surface area contributed by atoms with Gasteiger partial charge in [0.1, 0.15) is 0 Å². The maximum atomic E-state index is 12.4. The Kier molecular flexibility index (Phi) is 7.01. The lowest BCUT2D eigenvalue weighted by Gasteiger charge is -2.09. The zero-order valence-corrected chi connectivity index (χ0v) is 17.3. The molecule has 0 aliphatic rings. The first-order chi connectivity index (χ1) is 14.9. The number of rotatable bonds is 9. The summed E-state index contributed by atoms with van der Waals surface area (Å²) in [5.74, 6) is -0.698. The van der Waals surface area contributed by atoms with Crippen LogP contribution in [0.25, 0.3) is 0 Å². The fourth-order valence-electron chi connectivity index (χ4n) is 2.65. The molecule has 0 aliphatic carbocycles. The summed E-state index contributed by atoms with van der Waals surface area (Å²) < 4.78 is 31.2. The highest BCUT2D eigenvalue weighted by molar-refractivity contribution is 7.88. The number of furan rings is 1. The van der Waals surface area contributed by atoms with Crippen LogP contribution in [-0.2, 0) is 15.8 Å². The van der Waals surface area contributed by atoms with Gasteiger partial charge >= 0.3 is 0 Å². The number of sulfonamides is 1. The summed E-state index contributed by atoms with van der Waals surface area (Å²) in [5, 5.41) is 5.42. The van der Waals surface area contributed by atoms with E-state index < -0.39 is 10.0 Å². The number of hydrogen-bond acceptors (Lipinski definition) is 5. The fraction of sp³-hybridized carbons (Fsp3) is 0.0909. The van der Waals surface area contributed by atoms with Gasteiger partial charge in [0.05, 0.1) is 12.0 Å². The average molecular weight is 439 g/mol. The molecule has 1 heterocycles. The Morgan fingerprint density at radius 1 is 0.903 bits per heavy atom. The normalized spacial score (nSPS) is 11.0. The molecule has 0 aliphatic heterocycles. The molecule has 9 heteroatoms. The average Bonchev–Trinajstić information content (AvgIpc) is 3.29. The van der Waals surface area contributed by atoms with Gasteiger partial charge in [0.25, 0.3) is 11.8 Å². The van der Waals surface area contributed by atoms with Crippen molar-refractivity contribution in [3.63, 3.8) is 0 Å². The molecule has 1 aromatic heterocycles. The van der Waals surface area contributed by atoms with Gasteiger partial charge in [-0.2, -0.15) is 0 Å². The lowest BCUT2D eigenvalue weighted by atomic mass is 10.1. The molecule has 0 bridgehead atoms. The number of benzene rings is 2. The molecule has 0 radical (unpaired) electrons. The van der Waals surface area contributed by atoms with E-state index in [9.17, 15) is 18.0 Å². The number of amides is 2. The highest BCUT2D eigenvalue weighted by Crippen LogP contribution is 2.15. The van der Waals surface area contributed by atoms with E-state index in [-0.39, 0.29) is 29.9 Å². The summed E-state index contributed by atoms with van der Waals surface area (Å²) in [6.45, 7) is 3.64. The summed E-state index contributed by atoms with van der Waals surface area (Å²) >= 11 is 0. The molecule has 0 atom stereocenters. The first-order valence-corrected chi connectivity index (χ1v) is 10.9. The molecule has 31 heavy (non-hydrogen) atoms. The van der Waals surface area contributed by atoms with Gasteiger partial charge in [-0.3, -0.25) is 9.59 Å². The van der Waals surface area contributed by atoms with E-state index in [4.69, 9.17) is 4.42 Å². The number of nitrogens with one attached hydrogen (secondary N) is 3. The van der Waals surface area contributed by atoms with Crippen LogP contribution in [0.15, 0.2) is 84.0 Å². The van der Waals surface area contributed by atoms with Gasteiger partial charge in [-0.1, -0.05) is 18.2 Å². The van der Waals surface area contributed by atoms with E-state index in [0.29, 0.717) is 22.5 Å². The Balaban J connectivity index is 1.57. The van der Waals surface area contributed by atoms with Crippen molar-refractivity contribution in [1.29, 1.82) is 0 Å². The van der Waals surface area contributed by atoms with Crippen molar-refractivity contribution in [3.05, 3.63) is 96.5 Å².